The molecule has 2 N–H and O–H groups in total. The lowest BCUT2D eigenvalue weighted by Crippen LogP contribution is -2.45. The molecular weight excluding hydrogens is 287 g/mol. The number of ether oxygens (including phenoxy) is 1. The lowest BCUT2D eigenvalue weighted by molar-refractivity contribution is 0.0775. The molecule has 1 saturated heterocycles. The van der Waals surface area contributed by atoms with E-state index in [1.54, 1.807) is 12.1 Å². The largest absolute Gasteiger partial charge is 0.395 e. The van der Waals surface area contributed by atoms with E-state index in [4.69, 9.17) is 9.84 Å². The molecule has 2 unspecified atom stereocenters. The standard InChI is InChI=1S/C16H23FN2O3/c1-2-19(9-10-20)16(21)18-15(14-4-3-11-22-14)12-5-7-13(17)8-6-12/h5-8,14-15,20H,2-4,9-11H2,1H3,(H,18,21). The molecule has 122 valence electrons. The second-order valence-corrected chi connectivity index (χ2v) is 5.33. The van der Waals surface area contributed by atoms with Crippen LogP contribution in [0.4, 0.5) is 9.18 Å². The fourth-order valence-electron chi connectivity index (χ4n) is 2.67. The molecule has 0 radical (unpaired) electrons. The molecule has 1 aromatic rings. The number of nitrogens with zero attached hydrogens (tertiary/aromatic N) is 1. The van der Waals surface area contributed by atoms with E-state index in [1.165, 1.54) is 17.0 Å². The number of amides is 2. The summed E-state index contributed by atoms with van der Waals surface area (Å²) in [7, 11) is 0. The topological polar surface area (TPSA) is 61.8 Å². The lowest BCUT2D eigenvalue weighted by Gasteiger charge is -2.28. The fourth-order valence-corrected chi connectivity index (χ4v) is 2.67. The molecule has 1 fully saturated rings. The highest BCUT2D eigenvalue weighted by Crippen LogP contribution is 2.27. The molecule has 0 spiro atoms. The summed E-state index contributed by atoms with van der Waals surface area (Å²) < 4.78 is 18.8. The second-order valence-electron chi connectivity index (χ2n) is 5.33. The molecule has 6 heteroatoms. The number of likely N-dealkylation sites (N-methyl/N-ethyl adjacent to an activating group) is 1. The number of halogens is 1. The number of carbonyl (C=O) groups is 1. The number of aliphatic hydroxyl groups excluding tert-OH is 1. The van der Waals surface area contributed by atoms with Crippen LogP contribution >= 0.6 is 0 Å². The van der Waals surface area contributed by atoms with E-state index in [0.717, 1.165) is 18.4 Å². The Labute approximate surface area is 130 Å². The minimum atomic E-state index is -0.316. The Hall–Kier alpha value is -1.66. The number of carbonyl (C=O) groups excluding carboxylic acids is 1. The van der Waals surface area contributed by atoms with Crippen LogP contribution < -0.4 is 5.32 Å². The zero-order chi connectivity index (χ0) is 15.9. The first-order valence-corrected chi connectivity index (χ1v) is 7.69. The monoisotopic (exact) mass is 310 g/mol. The quantitative estimate of drug-likeness (QED) is 0.845. The predicted molar refractivity (Wildman–Crippen MR) is 81.0 cm³/mol. The Balaban J connectivity index is 2.14. The molecule has 5 nitrogen and oxygen atoms in total. The molecule has 1 aliphatic heterocycles. The van der Waals surface area contributed by atoms with Gasteiger partial charge in [0.1, 0.15) is 5.82 Å². The van der Waals surface area contributed by atoms with Crippen LogP contribution in [-0.4, -0.2) is 48.4 Å². The van der Waals surface area contributed by atoms with E-state index in [2.05, 4.69) is 5.32 Å². The van der Waals surface area contributed by atoms with Crippen molar-refractivity contribution in [3.8, 4) is 0 Å². The predicted octanol–water partition coefficient (Wildman–Crippen LogP) is 2.07. The number of hydrogen-bond acceptors (Lipinski definition) is 3. The molecule has 0 saturated carbocycles. The van der Waals surface area contributed by atoms with Gasteiger partial charge in [-0.15, -0.1) is 0 Å². The first kappa shape index (κ1) is 16.7. The first-order chi connectivity index (χ1) is 10.7. The van der Waals surface area contributed by atoms with Gasteiger partial charge >= 0.3 is 6.03 Å². The van der Waals surface area contributed by atoms with Crippen LogP contribution in [0, 0.1) is 5.82 Å². The summed E-state index contributed by atoms with van der Waals surface area (Å²) in [5, 5.41) is 12.0. The van der Waals surface area contributed by atoms with Gasteiger partial charge in [0.25, 0.3) is 0 Å². The van der Waals surface area contributed by atoms with Crippen LogP contribution in [0.25, 0.3) is 0 Å². The van der Waals surface area contributed by atoms with Gasteiger partial charge in [0, 0.05) is 19.7 Å². The van der Waals surface area contributed by atoms with E-state index < -0.39 is 0 Å². The Morgan fingerprint density at radius 3 is 2.77 bits per heavy atom. The number of urea groups is 1. The SMILES string of the molecule is CCN(CCO)C(=O)NC(c1ccc(F)cc1)C1CCCO1. The van der Waals surface area contributed by atoms with E-state index in [-0.39, 0.29) is 37.1 Å². The van der Waals surface area contributed by atoms with Gasteiger partial charge in [0.05, 0.1) is 18.8 Å². The van der Waals surface area contributed by atoms with Gasteiger partial charge in [-0.3, -0.25) is 0 Å². The molecule has 1 aliphatic rings. The van der Waals surface area contributed by atoms with Crippen molar-refractivity contribution < 1.29 is 19.0 Å². The number of nitrogens with one attached hydrogen (secondary N) is 1. The van der Waals surface area contributed by atoms with Crippen molar-refractivity contribution in [3.05, 3.63) is 35.6 Å². The average Bonchev–Trinajstić information content (AvgIpc) is 3.05. The number of rotatable bonds is 6. The highest BCUT2D eigenvalue weighted by molar-refractivity contribution is 5.74. The van der Waals surface area contributed by atoms with Crippen LogP contribution in [0.2, 0.25) is 0 Å². The summed E-state index contributed by atoms with van der Waals surface area (Å²) in [5.41, 5.74) is 0.821. The molecule has 0 bridgehead atoms. The lowest BCUT2D eigenvalue weighted by atomic mass is 9.99. The summed E-state index contributed by atoms with van der Waals surface area (Å²) in [6.07, 6.45) is 1.70. The molecule has 22 heavy (non-hydrogen) atoms. The number of aliphatic hydroxyl groups is 1. The Kier molecular flexibility index (Phi) is 6.15. The molecule has 0 aromatic heterocycles. The zero-order valence-electron chi connectivity index (χ0n) is 12.8. The van der Waals surface area contributed by atoms with Crippen molar-refractivity contribution in [2.45, 2.75) is 31.9 Å². The van der Waals surface area contributed by atoms with Crippen LogP contribution in [0.1, 0.15) is 31.4 Å². The van der Waals surface area contributed by atoms with Gasteiger partial charge in [-0.25, -0.2) is 9.18 Å². The fraction of sp³-hybridized carbons (Fsp3) is 0.562. The van der Waals surface area contributed by atoms with Crippen molar-refractivity contribution in [1.82, 2.24) is 10.2 Å². The minimum absolute atomic E-state index is 0.0809. The van der Waals surface area contributed by atoms with Crippen molar-refractivity contribution in [2.75, 3.05) is 26.3 Å². The summed E-state index contributed by atoms with van der Waals surface area (Å²) in [5.74, 6) is -0.309. The maximum absolute atomic E-state index is 13.1. The molecule has 2 amide bonds. The second kappa shape index (κ2) is 8.10. The van der Waals surface area contributed by atoms with Gasteiger partial charge in [0.15, 0.2) is 0 Å². The molecule has 0 aliphatic carbocycles. The van der Waals surface area contributed by atoms with E-state index in [0.29, 0.717) is 13.2 Å². The van der Waals surface area contributed by atoms with Crippen molar-refractivity contribution >= 4 is 6.03 Å². The number of hydrogen-bond donors (Lipinski definition) is 2. The molecule has 1 heterocycles. The maximum Gasteiger partial charge on any atom is 0.318 e. The third-order valence-corrected chi connectivity index (χ3v) is 3.88. The summed E-state index contributed by atoms with van der Waals surface area (Å²) in [6, 6.07) is 5.54. The minimum Gasteiger partial charge on any atom is -0.395 e. The maximum atomic E-state index is 13.1. The zero-order valence-corrected chi connectivity index (χ0v) is 12.8. The molecule has 1 aromatic carbocycles. The van der Waals surface area contributed by atoms with Gasteiger partial charge in [-0.05, 0) is 37.5 Å². The Bertz CT molecular complexity index is 475. The van der Waals surface area contributed by atoms with Crippen LogP contribution in [-0.2, 0) is 4.74 Å². The molecule has 2 atom stereocenters. The van der Waals surface area contributed by atoms with Crippen molar-refractivity contribution in [3.63, 3.8) is 0 Å². The van der Waals surface area contributed by atoms with Crippen molar-refractivity contribution in [1.29, 1.82) is 0 Å². The van der Waals surface area contributed by atoms with Gasteiger partial charge in [0.2, 0.25) is 0 Å². The van der Waals surface area contributed by atoms with Gasteiger partial charge in [-0.2, -0.15) is 0 Å². The molecule has 2 rings (SSSR count). The Morgan fingerprint density at radius 1 is 1.50 bits per heavy atom. The van der Waals surface area contributed by atoms with Crippen LogP contribution in [0.3, 0.4) is 0 Å². The van der Waals surface area contributed by atoms with Crippen molar-refractivity contribution in [2.24, 2.45) is 0 Å². The summed E-state index contributed by atoms with van der Waals surface area (Å²) in [6.45, 7) is 3.24. The normalized spacial score (nSPS) is 19.0. The highest BCUT2D eigenvalue weighted by Gasteiger charge is 2.29. The van der Waals surface area contributed by atoms with Crippen LogP contribution in [0.5, 0.6) is 0 Å². The smallest absolute Gasteiger partial charge is 0.318 e. The van der Waals surface area contributed by atoms with E-state index >= 15 is 0 Å². The van der Waals surface area contributed by atoms with E-state index in [9.17, 15) is 9.18 Å². The van der Waals surface area contributed by atoms with Gasteiger partial charge < -0.3 is 20.1 Å². The number of benzene rings is 1. The van der Waals surface area contributed by atoms with E-state index in [1.807, 2.05) is 6.92 Å². The Morgan fingerprint density at radius 2 is 2.23 bits per heavy atom. The highest BCUT2D eigenvalue weighted by atomic mass is 19.1. The third kappa shape index (κ3) is 4.18. The average molecular weight is 310 g/mol. The summed E-state index contributed by atoms with van der Waals surface area (Å²) in [4.78, 5) is 13.9. The summed E-state index contributed by atoms with van der Waals surface area (Å²) >= 11 is 0. The first-order valence-electron chi connectivity index (χ1n) is 7.69. The molecular formula is C16H23FN2O3. The van der Waals surface area contributed by atoms with Gasteiger partial charge in [-0.1, -0.05) is 12.1 Å². The third-order valence-electron chi connectivity index (χ3n) is 3.88. The van der Waals surface area contributed by atoms with Crippen LogP contribution in [0.15, 0.2) is 24.3 Å².